The number of fused-ring (bicyclic) bond motifs is 5. The first kappa shape index (κ1) is 44.4. The lowest BCUT2D eigenvalue weighted by Crippen LogP contribution is -2.31. The Morgan fingerprint density at radius 2 is 1.14 bits per heavy atom. The zero-order chi connectivity index (χ0) is 48.6. The average molecular weight is 931 g/mol. The van der Waals surface area contributed by atoms with Crippen LogP contribution in [-0.4, -0.2) is 80.1 Å². The summed E-state index contributed by atoms with van der Waals surface area (Å²) < 4.78 is 28.5. The maximum Gasteiger partial charge on any atom is 0.490 e. The van der Waals surface area contributed by atoms with Crippen LogP contribution in [0.2, 0.25) is 0 Å². The monoisotopic (exact) mass is 930 g/mol. The maximum atomic E-state index is 14.4. The highest BCUT2D eigenvalue weighted by molar-refractivity contribution is 6.58. The summed E-state index contributed by atoms with van der Waals surface area (Å²) in [4.78, 5) is 48.7. The van der Waals surface area contributed by atoms with E-state index in [-0.39, 0.29) is 22.5 Å². The summed E-state index contributed by atoms with van der Waals surface area (Å²) >= 11 is 0. The number of anilines is 4. The molecule has 14 nitrogen and oxygen atoms in total. The molecule has 0 atom stereocenters. The summed E-state index contributed by atoms with van der Waals surface area (Å²) in [6, 6.07) is 24.6. The second kappa shape index (κ2) is 16.8. The molecule has 346 valence electrons. The quantitative estimate of drug-likeness (QED) is 0.135. The molecule has 8 aromatic heterocycles. The molecule has 0 unspecified atom stereocenters. The van der Waals surface area contributed by atoms with Crippen LogP contribution in [0.4, 0.5) is 31.5 Å². The molecule has 0 saturated carbocycles. The normalized spacial score (nSPS) is 14.5. The molecule has 0 saturated heterocycles. The Bertz CT molecular complexity index is 3690. The van der Waals surface area contributed by atoms with Crippen molar-refractivity contribution in [1.29, 1.82) is 0 Å². The number of benzene rings is 2. The summed E-state index contributed by atoms with van der Waals surface area (Å²) in [5, 5.41) is 21.1. The number of halogens is 2. The van der Waals surface area contributed by atoms with E-state index in [2.05, 4.69) is 85.4 Å². The summed E-state index contributed by atoms with van der Waals surface area (Å²) in [5.74, 6) is -0.688. The number of hydrogen-bond acceptors (Lipinski definition) is 13. The Hall–Kier alpha value is -8.15. The lowest BCUT2D eigenvalue weighted by molar-refractivity contribution is 0.425. The van der Waals surface area contributed by atoms with E-state index in [4.69, 9.17) is 15.0 Å². The van der Waals surface area contributed by atoms with E-state index in [1.807, 2.05) is 55.6 Å². The fourth-order valence-electron chi connectivity index (χ4n) is 9.97. The molecule has 10 aromatic rings. The zero-order valence-corrected chi connectivity index (χ0v) is 39.1. The molecule has 2 aliphatic rings. The number of nitrogens with one attached hydrogen (secondary N) is 1. The SMILES string of the molecule is Cc1c(-c2ccccn2)nc2cc(F)ccc2c1N1CC(C)(C)c2ncc(-c3ncnc4nc[nH]c34)cc21.Cc1c(-c2ccccn2)nc2cc(F)ccc2c1N1CC(C)(C)c2ncc(B(O)O)cc21. The molecule has 3 N–H and O–H groups in total. The van der Waals surface area contributed by atoms with Crippen molar-refractivity contribution in [2.45, 2.75) is 52.4 Å². The van der Waals surface area contributed by atoms with Crippen LogP contribution in [-0.2, 0) is 10.8 Å². The van der Waals surface area contributed by atoms with E-state index in [1.54, 1.807) is 30.9 Å². The van der Waals surface area contributed by atoms with Gasteiger partial charge in [0.15, 0.2) is 5.65 Å². The van der Waals surface area contributed by atoms with Crippen LogP contribution >= 0.6 is 0 Å². The van der Waals surface area contributed by atoms with Crippen LogP contribution in [0.3, 0.4) is 0 Å². The number of aromatic amines is 1. The number of hydrogen-bond donors (Lipinski definition) is 3. The van der Waals surface area contributed by atoms with Gasteiger partial charge in [-0.2, -0.15) is 0 Å². The lowest BCUT2D eigenvalue weighted by atomic mass is 9.80. The Labute approximate surface area is 401 Å². The Morgan fingerprint density at radius 3 is 1.67 bits per heavy atom. The van der Waals surface area contributed by atoms with Gasteiger partial charge < -0.3 is 24.8 Å². The van der Waals surface area contributed by atoms with Crippen LogP contribution < -0.4 is 15.3 Å². The summed E-state index contributed by atoms with van der Waals surface area (Å²) in [7, 11) is -1.62. The molecule has 0 aliphatic carbocycles. The van der Waals surface area contributed by atoms with Gasteiger partial charge in [0, 0.05) is 93.8 Å². The van der Waals surface area contributed by atoms with Gasteiger partial charge in [0.1, 0.15) is 29.2 Å². The summed E-state index contributed by atoms with van der Waals surface area (Å²) in [5.41, 5.74) is 14.1. The molecule has 70 heavy (non-hydrogen) atoms. The van der Waals surface area contributed by atoms with Crippen LogP contribution in [0.1, 0.15) is 50.2 Å². The van der Waals surface area contributed by atoms with Gasteiger partial charge in [0.25, 0.3) is 0 Å². The molecule has 12 rings (SSSR count). The van der Waals surface area contributed by atoms with Crippen molar-refractivity contribution in [3.8, 4) is 34.0 Å². The van der Waals surface area contributed by atoms with E-state index in [1.165, 1.54) is 36.8 Å². The van der Waals surface area contributed by atoms with Gasteiger partial charge in [0.05, 0.1) is 74.3 Å². The second-order valence-electron chi connectivity index (χ2n) is 19.0. The van der Waals surface area contributed by atoms with Crippen molar-refractivity contribution in [1.82, 2.24) is 49.8 Å². The van der Waals surface area contributed by atoms with Crippen molar-refractivity contribution in [2.24, 2.45) is 0 Å². The third-order valence-corrected chi connectivity index (χ3v) is 13.2. The number of aromatic nitrogens is 10. The van der Waals surface area contributed by atoms with Crippen molar-refractivity contribution in [2.75, 3.05) is 22.9 Å². The molecule has 0 bridgehead atoms. The van der Waals surface area contributed by atoms with Crippen LogP contribution in [0.25, 0.3) is 67.0 Å². The van der Waals surface area contributed by atoms with Gasteiger partial charge in [-0.05, 0) is 74.5 Å². The first-order valence-corrected chi connectivity index (χ1v) is 22.8. The first-order chi connectivity index (χ1) is 33.7. The van der Waals surface area contributed by atoms with E-state index >= 15 is 0 Å². The molecule has 17 heteroatoms. The van der Waals surface area contributed by atoms with Gasteiger partial charge in [-0.25, -0.2) is 33.7 Å². The highest BCUT2D eigenvalue weighted by Gasteiger charge is 2.41. The number of rotatable bonds is 6. The molecular weight excluding hydrogens is 885 g/mol. The zero-order valence-electron chi connectivity index (χ0n) is 39.1. The summed E-state index contributed by atoms with van der Waals surface area (Å²) in [6.07, 6.45) is 9.94. The van der Waals surface area contributed by atoms with Crippen molar-refractivity contribution in [3.05, 3.63) is 157 Å². The van der Waals surface area contributed by atoms with E-state index < -0.39 is 7.12 Å². The molecule has 0 radical (unpaired) electrons. The lowest BCUT2D eigenvalue weighted by Gasteiger charge is -2.26. The van der Waals surface area contributed by atoms with Gasteiger partial charge in [-0.15, -0.1) is 0 Å². The van der Waals surface area contributed by atoms with Crippen molar-refractivity contribution in [3.63, 3.8) is 0 Å². The predicted octanol–water partition coefficient (Wildman–Crippen LogP) is 9.15. The van der Waals surface area contributed by atoms with Crippen molar-refractivity contribution < 1.29 is 18.8 Å². The maximum absolute atomic E-state index is 14.4. The average Bonchev–Trinajstić information content (AvgIpc) is 4.03. The minimum atomic E-state index is -1.62. The van der Waals surface area contributed by atoms with E-state index in [9.17, 15) is 18.8 Å². The standard InChI is InChI=1S/C29H23FN8.C24H22BFN4O2/c1-16-23(20-6-4-5-9-31-20)37-21-11-18(30)7-8-19(21)26(16)38-13-29(2,3)27-22(38)10-17(12-32-27)24-25-28(35-14-33-24)36-15-34-25;1-14-21(18-6-4-5-9-27-18)29-19-11-16(26)7-8-17(19)22(14)30-13-24(2,3)23-20(30)10-15(12-28-23)25(31)32/h4-12,14-15H,13H2,1-3H3,(H,33,34,35,36);4-12,31-32H,13H2,1-3H3. The highest BCUT2D eigenvalue weighted by Crippen LogP contribution is 2.50. The molecular formula is C53H45BF2N12O2. The molecule has 0 fully saturated rings. The third kappa shape index (κ3) is 7.54. The number of pyridine rings is 6. The van der Waals surface area contributed by atoms with Gasteiger partial charge in [-0.1, -0.05) is 39.8 Å². The number of H-pyrrole nitrogens is 1. The van der Waals surface area contributed by atoms with Crippen LogP contribution in [0.5, 0.6) is 0 Å². The Morgan fingerprint density at radius 1 is 0.600 bits per heavy atom. The minimum absolute atomic E-state index is 0.226. The molecule has 0 amide bonds. The first-order valence-electron chi connectivity index (χ1n) is 22.8. The Kier molecular flexibility index (Phi) is 10.7. The van der Waals surface area contributed by atoms with Crippen LogP contribution in [0, 0.1) is 25.5 Å². The fourth-order valence-corrected chi connectivity index (χ4v) is 9.97. The van der Waals surface area contributed by atoms with Gasteiger partial charge in [-0.3, -0.25) is 19.9 Å². The molecule has 2 aliphatic heterocycles. The second-order valence-corrected chi connectivity index (χ2v) is 19.0. The topological polar surface area (TPSA) is 179 Å². The number of imidazole rings is 1. The third-order valence-electron chi connectivity index (χ3n) is 13.2. The minimum Gasteiger partial charge on any atom is -0.423 e. The molecule has 0 spiro atoms. The van der Waals surface area contributed by atoms with Crippen LogP contribution in [0.15, 0.2) is 122 Å². The van der Waals surface area contributed by atoms with Crippen molar-refractivity contribution >= 4 is 68.3 Å². The molecule has 2 aromatic carbocycles. The van der Waals surface area contributed by atoms with E-state index in [0.717, 1.165) is 84.2 Å². The predicted molar refractivity (Wildman–Crippen MR) is 268 cm³/mol. The molecule has 10 heterocycles. The highest BCUT2D eigenvalue weighted by atomic mass is 19.1. The number of nitrogens with zero attached hydrogens (tertiary/aromatic N) is 11. The van der Waals surface area contributed by atoms with E-state index in [0.29, 0.717) is 46.6 Å². The van der Waals surface area contributed by atoms with Gasteiger partial charge in [0.2, 0.25) is 0 Å². The summed E-state index contributed by atoms with van der Waals surface area (Å²) in [6.45, 7) is 13.9. The Balaban J connectivity index is 0.000000155. The fraction of sp³-hybridized carbons (Fsp3) is 0.189. The largest absolute Gasteiger partial charge is 0.490 e. The smallest absolute Gasteiger partial charge is 0.423 e. The van der Waals surface area contributed by atoms with Gasteiger partial charge >= 0.3 is 7.12 Å².